The normalized spacial score (nSPS) is 13.9. The highest BCUT2D eigenvalue weighted by Gasteiger charge is 2.21. The van der Waals surface area contributed by atoms with Crippen molar-refractivity contribution in [3.05, 3.63) is 61.2 Å². The van der Waals surface area contributed by atoms with Gasteiger partial charge >= 0.3 is 0 Å². The maximum atomic E-state index is 13.0. The first-order valence-electron chi connectivity index (χ1n) is 9.24. The minimum absolute atomic E-state index is 0.0202. The molecule has 0 saturated carbocycles. The number of aromatic nitrogens is 4. The summed E-state index contributed by atoms with van der Waals surface area (Å²) in [5.74, 6) is 1.02. The third-order valence-corrected chi connectivity index (χ3v) is 7.38. The number of fused-ring (bicyclic) bond motifs is 4. The summed E-state index contributed by atoms with van der Waals surface area (Å²) in [6.45, 7) is 0. The van der Waals surface area contributed by atoms with Gasteiger partial charge in [0.2, 0.25) is 0 Å². The lowest BCUT2D eigenvalue weighted by Crippen LogP contribution is -2.20. The molecule has 8 heteroatoms. The Morgan fingerprint density at radius 3 is 2.89 bits per heavy atom. The van der Waals surface area contributed by atoms with Crippen molar-refractivity contribution in [1.82, 2.24) is 19.5 Å². The van der Waals surface area contributed by atoms with Crippen molar-refractivity contribution in [3.63, 3.8) is 0 Å². The van der Waals surface area contributed by atoms with E-state index in [0.717, 1.165) is 29.5 Å². The molecular weight excluding hydrogens is 392 g/mol. The van der Waals surface area contributed by atoms with Gasteiger partial charge in [0.05, 0.1) is 22.0 Å². The van der Waals surface area contributed by atoms with Crippen molar-refractivity contribution >= 4 is 44.2 Å². The molecule has 0 bridgehead atoms. The van der Waals surface area contributed by atoms with Crippen LogP contribution in [0.2, 0.25) is 0 Å². The molecule has 0 atom stereocenters. The van der Waals surface area contributed by atoms with E-state index in [1.807, 2.05) is 18.2 Å². The number of para-hydroxylation sites is 1. The van der Waals surface area contributed by atoms with Crippen LogP contribution < -0.4 is 11.1 Å². The summed E-state index contributed by atoms with van der Waals surface area (Å²) in [6, 6.07) is 7.28. The summed E-state index contributed by atoms with van der Waals surface area (Å²) >= 11 is 3.07. The smallest absolute Gasteiger partial charge is 0.262 e. The van der Waals surface area contributed by atoms with Gasteiger partial charge in [-0.25, -0.2) is 9.97 Å². The number of aryl methyl sites for hydroxylation is 2. The van der Waals surface area contributed by atoms with Crippen molar-refractivity contribution in [3.8, 4) is 0 Å². The van der Waals surface area contributed by atoms with E-state index in [2.05, 4.69) is 9.97 Å². The first-order chi connectivity index (χ1) is 13.6. The lowest BCUT2D eigenvalue weighted by atomic mass is 9.97. The zero-order valence-electron chi connectivity index (χ0n) is 15.3. The zero-order chi connectivity index (χ0) is 19.3. The lowest BCUT2D eigenvalue weighted by molar-refractivity contribution is 0.695. The van der Waals surface area contributed by atoms with Crippen LogP contribution in [0.3, 0.4) is 0 Å². The number of H-pyrrole nitrogens is 1. The highest BCUT2D eigenvalue weighted by molar-refractivity contribution is 7.98. The lowest BCUT2D eigenvalue weighted by Gasteiger charge is -2.10. The fraction of sp³-hybridized carbons (Fsp3) is 0.300. The number of nitrogens with one attached hydrogen (secondary N) is 1. The number of hydrogen-bond donors (Lipinski definition) is 1. The predicted molar refractivity (Wildman–Crippen MR) is 113 cm³/mol. The van der Waals surface area contributed by atoms with Gasteiger partial charge in [-0.15, -0.1) is 11.3 Å². The average molecular weight is 411 g/mol. The Morgan fingerprint density at radius 2 is 2.00 bits per heavy atom. The fourth-order valence-corrected chi connectivity index (χ4v) is 5.88. The van der Waals surface area contributed by atoms with Crippen LogP contribution in [-0.2, 0) is 25.6 Å². The van der Waals surface area contributed by atoms with Gasteiger partial charge < -0.3 is 4.98 Å². The van der Waals surface area contributed by atoms with Gasteiger partial charge in [0.25, 0.3) is 11.1 Å². The summed E-state index contributed by atoms with van der Waals surface area (Å²) in [5, 5.41) is 2.02. The Kier molecular flexibility index (Phi) is 4.32. The predicted octanol–water partition coefficient (Wildman–Crippen LogP) is 3.40. The Balaban J connectivity index is 1.51. The molecule has 4 aromatic rings. The second-order valence-corrected chi connectivity index (χ2v) is 8.99. The summed E-state index contributed by atoms with van der Waals surface area (Å²) in [5.41, 5.74) is 1.75. The SMILES string of the molecule is Cn1c(SCc2nc3ccccc3c(=O)[nH]2)nc2sc3c(c2c1=O)CCCC3. The molecule has 1 aliphatic rings. The number of aromatic amines is 1. The number of benzene rings is 1. The number of thiophene rings is 1. The van der Waals surface area contributed by atoms with E-state index < -0.39 is 0 Å². The topological polar surface area (TPSA) is 80.6 Å². The van der Waals surface area contributed by atoms with Gasteiger partial charge in [0.1, 0.15) is 10.7 Å². The van der Waals surface area contributed by atoms with Crippen LogP contribution in [0, 0.1) is 0 Å². The molecule has 28 heavy (non-hydrogen) atoms. The highest BCUT2D eigenvalue weighted by Crippen LogP contribution is 2.34. The molecule has 0 fully saturated rings. The van der Waals surface area contributed by atoms with E-state index in [9.17, 15) is 9.59 Å². The maximum absolute atomic E-state index is 13.0. The summed E-state index contributed by atoms with van der Waals surface area (Å²) < 4.78 is 1.62. The molecule has 0 amide bonds. The van der Waals surface area contributed by atoms with E-state index in [4.69, 9.17) is 4.98 Å². The Bertz CT molecular complexity index is 1340. The molecule has 6 nitrogen and oxygen atoms in total. The number of nitrogens with zero attached hydrogens (tertiary/aromatic N) is 3. The van der Waals surface area contributed by atoms with Crippen molar-refractivity contribution < 1.29 is 0 Å². The van der Waals surface area contributed by atoms with Crippen LogP contribution in [0.5, 0.6) is 0 Å². The largest absolute Gasteiger partial charge is 0.309 e. The number of hydrogen-bond acceptors (Lipinski definition) is 6. The van der Waals surface area contributed by atoms with Crippen molar-refractivity contribution in [2.24, 2.45) is 7.05 Å². The summed E-state index contributed by atoms with van der Waals surface area (Å²) in [7, 11) is 1.76. The first-order valence-corrected chi connectivity index (χ1v) is 11.0. The van der Waals surface area contributed by atoms with E-state index in [1.165, 1.54) is 28.6 Å². The van der Waals surface area contributed by atoms with Crippen LogP contribution in [0.1, 0.15) is 29.1 Å². The van der Waals surface area contributed by atoms with Crippen LogP contribution in [0.4, 0.5) is 0 Å². The highest BCUT2D eigenvalue weighted by atomic mass is 32.2. The minimum Gasteiger partial charge on any atom is -0.309 e. The van der Waals surface area contributed by atoms with Gasteiger partial charge in [-0.2, -0.15) is 0 Å². The van der Waals surface area contributed by atoms with E-state index >= 15 is 0 Å². The number of thioether (sulfide) groups is 1. The van der Waals surface area contributed by atoms with Gasteiger partial charge in [-0.3, -0.25) is 14.2 Å². The third-order valence-electron chi connectivity index (χ3n) is 5.16. The quantitative estimate of drug-likeness (QED) is 0.414. The summed E-state index contributed by atoms with van der Waals surface area (Å²) in [4.78, 5) is 39.5. The molecule has 0 unspecified atom stereocenters. The maximum Gasteiger partial charge on any atom is 0.262 e. The monoisotopic (exact) mass is 410 g/mol. The van der Waals surface area contributed by atoms with Crippen LogP contribution >= 0.6 is 23.1 Å². The number of rotatable bonds is 3. The van der Waals surface area contributed by atoms with Crippen molar-refractivity contribution in [1.29, 1.82) is 0 Å². The van der Waals surface area contributed by atoms with Crippen molar-refractivity contribution in [2.45, 2.75) is 36.6 Å². The molecule has 3 heterocycles. The molecular formula is C20H18N4O2S2. The van der Waals surface area contributed by atoms with Crippen molar-refractivity contribution in [2.75, 3.05) is 0 Å². The molecule has 1 aromatic carbocycles. The molecule has 3 aromatic heterocycles. The second kappa shape index (κ2) is 6.86. The Morgan fingerprint density at radius 1 is 1.18 bits per heavy atom. The molecule has 1 aliphatic carbocycles. The van der Waals surface area contributed by atoms with Gasteiger partial charge in [0, 0.05) is 11.9 Å². The second-order valence-electron chi connectivity index (χ2n) is 6.97. The Labute approximate surface area is 168 Å². The molecule has 142 valence electrons. The van der Waals surface area contributed by atoms with E-state index in [1.54, 1.807) is 29.0 Å². The van der Waals surface area contributed by atoms with Crippen LogP contribution in [0.25, 0.3) is 21.1 Å². The van der Waals surface area contributed by atoms with Gasteiger partial charge in [-0.05, 0) is 43.4 Å². The van der Waals surface area contributed by atoms with Crippen LogP contribution in [-0.4, -0.2) is 19.5 Å². The molecule has 5 rings (SSSR count). The third kappa shape index (κ3) is 2.87. The fourth-order valence-electron chi connectivity index (χ4n) is 3.73. The van der Waals surface area contributed by atoms with Gasteiger partial charge in [0.15, 0.2) is 5.16 Å². The molecule has 0 spiro atoms. The molecule has 0 aliphatic heterocycles. The Hall–Kier alpha value is -2.45. The standard InChI is InChI=1S/C20H18N4O2S2/c1-24-19(26)16-12-7-3-5-9-14(12)28-18(16)23-20(24)27-10-15-21-13-8-4-2-6-11(13)17(25)22-15/h2,4,6,8H,3,5,7,9-10H2,1H3,(H,21,22,25). The minimum atomic E-state index is -0.149. The van der Waals surface area contributed by atoms with E-state index in [0.29, 0.717) is 27.6 Å². The molecule has 0 saturated heterocycles. The zero-order valence-corrected chi connectivity index (χ0v) is 17.0. The van der Waals surface area contributed by atoms with Gasteiger partial charge in [-0.1, -0.05) is 23.9 Å². The van der Waals surface area contributed by atoms with E-state index in [-0.39, 0.29) is 11.1 Å². The summed E-state index contributed by atoms with van der Waals surface area (Å²) in [6.07, 6.45) is 4.34. The molecule has 1 N–H and O–H groups in total. The average Bonchev–Trinajstić information content (AvgIpc) is 3.08. The van der Waals surface area contributed by atoms with Crippen LogP contribution in [0.15, 0.2) is 39.0 Å². The molecule has 0 radical (unpaired) electrons. The first kappa shape index (κ1) is 17.6.